The minimum Gasteiger partial charge on any atom is -0.384 e. The fourth-order valence-corrected chi connectivity index (χ4v) is 4.38. The van der Waals surface area contributed by atoms with Crippen molar-refractivity contribution in [3.8, 4) is 0 Å². The number of anilines is 1. The van der Waals surface area contributed by atoms with E-state index < -0.39 is 0 Å². The quantitative estimate of drug-likeness (QED) is 0.827. The van der Waals surface area contributed by atoms with Gasteiger partial charge in [0, 0.05) is 51.2 Å². The molecule has 0 radical (unpaired) electrons. The smallest absolute Gasteiger partial charge is 0.225 e. The van der Waals surface area contributed by atoms with Gasteiger partial charge in [0.1, 0.15) is 0 Å². The molecule has 3 fully saturated rings. The number of hydrogen-bond acceptors (Lipinski definition) is 5. The first-order valence-corrected chi connectivity index (χ1v) is 8.62. The second-order valence-electron chi connectivity index (χ2n) is 7.52. The van der Waals surface area contributed by atoms with Crippen molar-refractivity contribution in [2.45, 2.75) is 19.3 Å². The monoisotopic (exact) mass is 320 g/mol. The van der Waals surface area contributed by atoms with E-state index in [4.69, 9.17) is 4.74 Å². The summed E-state index contributed by atoms with van der Waals surface area (Å²) >= 11 is 0. The van der Waals surface area contributed by atoms with E-state index in [2.05, 4.69) is 19.8 Å². The lowest BCUT2D eigenvalue weighted by Gasteiger charge is -2.30. The molecule has 3 aliphatic rings. The predicted molar refractivity (Wildman–Crippen MR) is 85.8 cm³/mol. The van der Waals surface area contributed by atoms with Crippen LogP contribution >= 0.6 is 0 Å². The Hall–Kier alpha value is -1.27. The maximum absolute atomic E-state index is 13.0. The van der Waals surface area contributed by atoms with Gasteiger partial charge in [0.2, 0.25) is 5.95 Å². The highest BCUT2D eigenvalue weighted by Crippen LogP contribution is 2.45. The zero-order valence-electron chi connectivity index (χ0n) is 13.7. The summed E-state index contributed by atoms with van der Waals surface area (Å²) in [6, 6.07) is 0. The molecule has 0 bridgehead atoms. The van der Waals surface area contributed by atoms with Crippen molar-refractivity contribution in [3.63, 3.8) is 0 Å². The van der Waals surface area contributed by atoms with Crippen LogP contribution in [0.15, 0.2) is 12.4 Å². The molecule has 2 atom stereocenters. The molecule has 1 spiro atoms. The molecule has 0 aromatic carbocycles. The maximum atomic E-state index is 13.0. The number of likely N-dealkylation sites (tertiary alicyclic amines) is 1. The van der Waals surface area contributed by atoms with Crippen LogP contribution in [0.5, 0.6) is 0 Å². The van der Waals surface area contributed by atoms with Crippen molar-refractivity contribution in [3.05, 3.63) is 18.2 Å². The summed E-state index contributed by atoms with van der Waals surface area (Å²) in [6.07, 6.45) is 6.45. The Morgan fingerprint density at radius 3 is 2.78 bits per heavy atom. The van der Waals surface area contributed by atoms with Gasteiger partial charge in [-0.1, -0.05) is 0 Å². The number of ether oxygens (including phenoxy) is 1. The number of nitrogens with zero attached hydrogens (tertiary/aromatic N) is 4. The molecule has 1 aromatic heterocycles. The highest BCUT2D eigenvalue weighted by Gasteiger charge is 2.51. The molecule has 1 aromatic rings. The lowest BCUT2D eigenvalue weighted by molar-refractivity contribution is 0.104. The first kappa shape index (κ1) is 15.3. The molecule has 0 amide bonds. The van der Waals surface area contributed by atoms with Crippen molar-refractivity contribution in [1.82, 2.24) is 14.9 Å². The van der Waals surface area contributed by atoms with Gasteiger partial charge in [-0.2, -0.15) is 0 Å². The molecular weight excluding hydrogens is 295 g/mol. The molecule has 0 N–H and O–H groups in total. The topological polar surface area (TPSA) is 41.5 Å². The van der Waals surface area contributed by atoms with Crippen LogP contribution in [0.1, 0.15) is 19.3 Å². The average molecular weight is 320 g/mol. The van der Waals surface area contributed by atoms with E-state index in [0.29, 0.717) is 11.9 Å². The summed E-state index contributed by atoms with van der Waals surface area (Å²) in [5.41, 5.74) is 0.267. The summed E-state index contributed by atoms with van der Waals surface area (Å²) in [7, 11) is 1.80. The van der Waals surface area contributed by atoms with Gasteiger partial charge in [-0.05, 0) is 25.2 Å². The van der Waals surface area contributed by atoms with E-state index in [9.17, 15) is 4.39 Å². The first-order chi connectivity index (χ1) is 11.2. The van der Waals surface area contributed by atoms with Gasteiger partial charge in [-0.3, -0.25) is 0 Å². The van der Waals surface area contributed by atoms with E-state index in [1.807, 2.05) is 0 Å². The summed E-state index contributed by atoms with van der Waals surface area (Å²) in [5.74, 6) is 1.76. The van der Waals surface area contributed by atoms with E-state index in [0.717, 1.165) is 45.1 Å². The zero-order valence-corrected chi connectivity index (χ0v) is 13.7. The average Bonchev–Trinajstić information content (AvgIpc) is 3.15. The Labute approximate surface area is 136 Å². The zero-order chi connectivity index (χ0) is 15.9. The van der Waals surface area contributed by atoms with Crippen molar-refractivity contribution < 1.29 is 9.13 Å². The van der Waals surface area contributed by atoms with Crippen LogP contribution in [0, 0.1) is 23.1 Å². The summed E-state index contributed by atoms with van der Waals surface area (Å²) in [6.45, 7) is 6.25. The molecule has 23 heavy (non-hydrogen) atoms. The molecule has 0 unspecified atom stereocenters. The fraction of sp³-hybridized carbons (Fsp3) is 0.765. The summed E-state index contributed by atoms with van der Waals surface area (Å²) in [4.78, 5) is 13.2. The normalized spacial score (nSPS) is 31.4. The van der Waals surface area contributed by atoms with Gasteiger partial charge in [-0.25, -0.2) is 14.4 Å². The Kier molecular flexibility index (Phi) is 3.97. The van der Waals surface area contributed by atoms with Gasteiger partial charge in [-0.15, -0.1) is 0 Å². The van der Waals surface area contributed by atoms with E-state index in [1.165, 1.54) is 31.8 Å². The molecule has 5 nitrogen and oxygen atoms in total. The van der Waals surface area contributed by atoms with E-state index in [1.54, 1.807) is 7.11 Å². The highest BCUT2D eigenvalue weighted by atomic mass is 19.1. The van der Waals surface area contributed by atoms with E-state index >= 15 is 0 Å². The Morgan fingerprint density at radius 2 is 2.09 bits per heavy atom. The molecular formula is C17H25FN4O. The van der Waals surface area contributed by atoms with Gasteiger partial charge >= 0.3 is 0 Å². The molecule has 1 aliphatic carbocycles. The molecule has 126 valence electrons. The SMILES string of the molecule is COC[C@@H]1CN(CC2CC2)C[C@]12CCN(c1ncc(F)cn1)C2. The van der Waals surface area contributed by atoms with Crippen molar-refractivity contribution in [1.29, 1.82) is 0 Å². The van der Waals surface area contributed by atoms with Crippen molar-refractivity contribution >= 4 is 5.95 Å². The highest BCUT2D eigenvalue weighted by molar-refractivity contribution is 5.33. The molecule has 2 saturated heterocycles. The maximum Gasteiger partial charge on any atom is 0.225 e. The largest absolute Gasteiger partial charge is 0.384 e. The standard InChI is InChI=1S/C17H25FN4O/c1-23-10-14-9-21(8-13-2-3-13)11-17(14)4-5-22(12-17)16-19-6-15(18)7-20-16/h6-7,13-14H,2-5,8-12H2,1H3/t14-,17-/m0/s1. The molecule has 4 rings (SSSR count). The third-order valence-electron chi connectivity index (χ3n) is 5.74. The number of methoxy groups -OCH3 is 1. The summed E-state index contributed by atoms with van der Waals surface area (Å²) in [5, 5.41) is 0. The Morgan fingerprint density at radius 1 is 1.30 bits per heavy atom. The van der Waals surface area contributed by atoms with Crippen LogP contribution in [-0.4, -0.2) is 61.3 Å². The van der Waals surface area contributed by atoms with Crippen LogP contribution < -0.4 is 4.90 Å². The third kappa shape index (κ3) is 3.06. The lowest BCUT2D eigenvalue weighted by atomic mass is 9.78. The Balaban J connectivity index is 1.48. The number of hydrogen-bond donors (Lipinski definition) is 0. The van der Waals surface area contributed by atoms with Gasteiger partial charge in [0.15, 0.2) is 5.82 Å². The van der Waals surface area contributed by atoms with Gasteiger partial charge in [0.05, 0.1) is 19.0 Å². The van der Waals surface area contributed by atoms with E-state index in [-0.39, 0.29) is 11.2 Å². The van der Waals surface area contributed by atoms with Crippen LogP contribution in [0.25, 0.3) is 0 Å². The van der Waals surface area contributed by atoms with Crippen LogP contribution in [0.2, 0.25) is 0 Å². The second kappa shape index (κ2) is 5.98. The number of halogens is 1. The van der Waals surface area contributed by atoms with Gasteiger partial charge in [0.25, 0.3) is 0 Å². The van der Waals surface area contributed by atoms with Crippen LogP contribution in [0.4, 0.5) is 10.3 Å². The second-order valence-corrected chi connectivity index (χ2v) is 7.52. The first-order valence-electron chi connectivity index (χ1n) is 8.62. The minimum atomic E-state index is -0.378. The predicted octanol–water partition coefficient (Wildman–Crippen LogP) is 1.80. The lowest BCUT2D eigenvalue weighted by Crippen LogP contribution is -2.36. The van der Waals surface area contributed by atoms with Crippen LogP contribution in [-0.2, 0) is 4.74 Å². The summed E-state index contributed by atoms with van der Waals surface area (Å²) < 4.78 is 18.6. The Bertz CT molecular complexity index is 550. The molecule has 1 saturated carbocycles. The fourth-order valence-electron chi connectivity index (χ4n) is 4.38. The minimum absolute atomic E-state index is 0.267. The van der Waals surface area contributed by atoms with Crippen molar-refractivity contribution in [2.75, 3.05) is 51.3 Å². The number of aromatic nitrogens is 2. The van der Waals surface area contributed by atoms with Crippen molar-refractivity contribution in [2.24, 2.45) is 17.3 Å². The third-order valence-corrected chi connectivity index (χ3v) is 5.74. The molecule has 2 aliphatic heterocycles. The van der Waals surface area contributed by atoms with Gasteiger partial charge < -0.3 is 14.5 Å². The number of rotatable bonds is 5. The van der Waals surface area contributed by atoms with Crippen LogP contribution in [0.3, 0.4) is 0 Å². The molecule has 6 heteroatoms. The molecule has 3 heterocycles.